The van der Waals surface area contributed by atoms with E-state index in [1.165, 1.54) is 12.1 Å². The molecule has 0 spiro atoms. The van der Waals surface area contributed by atoms with E-state index in [2.05, 4.69) is 0 Å². The van der Waals surface area contributed by atoms with Gasteiger partial charge in [0.05, 0.1) is 11.1 Å². The van der Waals surface area contributed by atoms with Crippen molar-refractivity contribution >= 4 is 11.6 Å². The summed E-state index contributed by atoms with van der Waals surface area (Å²) >= 11 is 5.62. The molecule has 0 bridgehead atoms. The van der Waals surface area contributed by atoms with Crippen LogP contribution in [0.4, 0.5) is 4.39 Å². The van der Waals surface area contributed by atoms with Gasteiger partial charge in [-0.2, -0.15) is 0 Å². The van der Waals surface area contributed by atoms with Crippen LogP contribution in [0.15, 0.2) is 42.5 Å². The van der Waals surface area contributed by atoms with Crippen LogP contribution in [-0.2, 0) is 0 Å². The van der Waals surface area contributed by atoms with E-state index in [-0.39, 0.29) is 5.02 Å². The third-order valence-electron chi connectivity index (χ3n) is 2.78. The fraction of sp³-hybridized carbons (Fsp3) is 0.200. The summed E-state index contributed by atoms with van der Waals surface area (Å²) in [6.07, 6.45) is -0.0247. The third kappa shape index (κ3) is 3.25. The normalized spacial score (nSPS) is 12.2. The van der Waals surface area contributed by atoms with Gasteiger partial charge in [0.2, 0.25) is 0 Å². The van der Waals surface area contributed by atoms with Gasteiger partial charge in [-0.05, 0) is 24.6 Å². The minimum Gasteiger partial charge on any atom is -0.457 e. The molecule has 0 saturated heterocycles. The summed E-state index contributed by atoms with van der Waals surface area (Å²) in [7, 11) is 0. The van der Waals surface area contributed by atoms with Crippen LogP contribution in [0.3, 0.4) is 0 Å². The monoisotopic (exact) mass is 280 g/mol. The predicted octanol–water partition coefficient (Wildman–Crippen LogP) is 4.71. The Morgan fingerprint density at radius 1 is 1.26 bits per heavy atom. The van der Waals surface area contributed by atoms with Crippen molar-refractivity contribution in [3.63, 3.8) is 0 Å². The number of para-hydroxylation sites is 1. The van der Waals surface area contributed by atoms with E-state index in [1.54, 1.807) is 24.3 Å². The average molecular weight is 281 g/mol. The van der Waals surface area contributed by atoms with Crippen molar-refractivity contribution in [1.29, 1.82) is 0 Å². The molecular weight excluding hydrogens is 267 g/mol. The number of benzene rings is 2. The molecule has 0 aliphatic carbocycles. The second-order valence-corrected chi connectivity index (χ2v) is 4.55. The zero-order chi connectivity index (χ0) is 13.8. The molecular formula is C15H14ClFO2. The second kappa shape index (κ2) is 6.04. The maximum atomic E-state index is 13.3. The van der Waals surface area contributed by atoms with E-state index < -0.39 is 11.9 Å². The number of hydrogen-bond donors (Lipinski definition) is 1. The summed E-state index contributed by atoms with van der Waals surface area (Å²) < 4.78 is 19.0. The Balaban J connectivity index is 2.30. The smallest absolute Gasteiger partial charge is 0.145 e. The quantitative estimate of drug-likeness (QED) is 0.878. The Labute approximate surface area is 116 Å². The Morgan fingerprint density at radius 3 is 2.68 bits per heavy atom. The molecule has 19 heavy (non-hydrogen) atoms. The van der Waals surface area contributed by atoms with Crippen molar-refractivity contribution in [3.8, 4) is 11.5 Å². The molecule has 0 heterocycles. The van der Waals surface area contributed by atoms with Gasteiger partial charge in [0.25, 0.3) is 0 Å². The number of hydrogen-bond acceptors (Lipinski definition) is 2. The first kappa shape index (κ1) is 13.8. The highest BCUT2D eigenvalue weighted by Crippen LogP contribution is 2.32. The van der Waals surface area contributed by atoms with E-state index in [0.29, 0.717) is 23.5 Å². The van der Waals surface area contributed by atoms with Crippen molar-refractivity contribution in [2.45, 2.75) is 19.4 Å². The van der Waals surface area contributed by atoms with Crippen LogP contribution >= 0.6 is 11.6 Å². The molecule has 0 radical (unpaired) electrons. The molecule has 2 rings (SSSR count). The molecule has 100 valence electrons. The number of aliphatic hydroxyl groups is 1. The highest BCUT2D eigenvalue weighted by Gasteiger charge is 2.12. The van der Waals surface area contributed by atoms with Gasteiger partial charge in [0, 0.05) is 11.6 Å². The number of aliphatic hydroxyl groups excluding tert-OH is 1. The summed E-state index contributed by atoms with van der Waals surface area (Å²) in [6, 6.07) is 11.4. The Bertz CT molecular complexity index is 572. The van der Waals surface area contributed by atoms with E-state index in [4.69, 9.17) is 16.3 Å². The van der Waals surface area contributed by atoms with Crippen LogP contribution in [-0.4, -0.2) is 5.11 Å². The molecule has 0 unspecified atom stereocenters. The van der Waals surface area contributed by atoms with E-state index >= 15 is 0 Å². The largest absolute Gasteiger partial charge is 0.457 e. The van der Waals surface area contributed by atoms with Gasteiger partial charge in [0.15, 0.2) is 0 Å². The molecule has 2 aromatic rings. The Hall–Kier alpha value is -1.58. The molecule has 2 nitrogen and oxygen atoms in total. The SMILES string of the molecule is CC[C@@H](O)c1ccccc1Oc1ccc(Cl)c(F)c1. The molecule has 2 aromatic carbocycles. The number of rotatable bonds is 4. The van der Waals surface area contributed by atoms with Gasteiger partial charge in [-0.3, -0.25) is 0 Å². The van der Waals surface area contributed by atoms with Crippen molar-refractivity contribution < 1.29 is 14.2 Å². The highest BCUT2D eigenvalue weighted by atomic mass is 35.5. The van der Waals surface area contributed by atoms with Crippen molar-refractivity contribution in [3.05, 3.63) is 58.9 Å². The van der Waals surface area contributed by atoms with Crippen molar-refractivity contribution in [2.24, 2.45) is 0 Å². The molecule has 0 saturated carbocycles. The minimum atomic E-state index is -0.603. The fourth-order valence-electron chi connectivity index (χ4n) is 1.74. The Kier molecular flexibility index (Phi) is 4.40. The molecule has 1 N–H and O–H groups in total. The van der Waals surface area contributed by atoms with Gasteiger partial charge in [0.1, 0.15) is 17.3 Å². The maximum absolute atomic E-state index is 13.3. The molecule has 1 atom stereocenters. The van der Waals surface area contributed by atoms with Crippen LogP contribution in [0.1, 0.15) is 25.0 Å². The van der Waals surface area contributed by atoms with E-state index in [0.717, 1.165) is 0 Å². The van der Waals surface area contributed by atoms with E-state index in [1.807, 2.05) is 13.0 Å². The van der Waals surface area contributed by atoms with Crippen LogP contribution in [0, 0.1) is 5.82 Å². The summed E-state index contributed by atoms with van der Waals surface area (Å²) in [4.78, 5) is 0. The van der Waals surface area contributed by atoms with Crippen LogP contribution in [0.5, 0.6) is 11.5 Å². The molecule has 0 amide bonds. The zero-order valence-corrected chi connectivity index (χ0v) is 11.2. The van der Waals surface area contributed by atoms with Gasteiger partial charge in [-0.1, -0.05) is 36.7 Å². The lowest BCUT2D eigenvalue weighted by atomic mass is 10.1. The first-order valence-electron chi connectivity index (χ1n) is 6.01. The zero-order valence-electron chi connectivity index (χ0n) is 10.4. The summed E-state index contributed by atoms with van der Waals surface area (Å²) in [5.74, 6) is 0.323. The second-order valence-electron chi connectivity index (χ2n) is 4.14. The lowest BCUT2D eigenvalue weighted by Crippen LogP contribution is -1.98. The molecule has 0 aliphatic rings. The molecule has 4 heteroatoms. The standard InChI is InChI=1S/C15H14ClFO2/c1-2-14(18)11-5-3-4-6-15(11)19-10-7-8-12(16)13(17)9-10/h3-9,14,18H,2H2,1H3/t14-/m1/s1. The summed E-state index contributed by atoms with van der Waals surface area (Å²) in [5.41, 5.74) is 0.681. The van der Waals surface area contributed by atoms with Gasteiger partial charge < -0.3 is 9.84 Å². The first-order valence-corrected chi connectivity index (χ1v) is 6.39. The van der Waals surface area contributed by atoms with E-state index in [9.17, 15) is 9.50 Å². The van der Waals surface area contributed by atoms with Crippen molar-refractivity contribution in [2.75, 3.05) is 0 Å². The number of halogens is 2. The van der Waals surface area contributed by atoms with Crippen LogP contribution in [0.25, 0.3) is 0 Å². The van der Waals surface area contributed by atoms with Gasteiger partial charge >= 0.3 is 0 Å². The maximum Gasteiger partial charge on any atom is 0.145 e. The van der Waals surface area contributed by atoms with Crippen molar-refractivity contribution in [1.82, 2.24) is 0 Å². The summed E-state index contributed by atoms with van der Waals surface area (Å²) in [6.45, 7) is 1.88. The lowest BCUT2D eigenvalue weighted by molar-refractivity contribution is 0.170. The van der Waals surface area contributed by atoms with Gasteiger partial charge in [-0.25, -0.2) is 4.39 Å². The first-order chi connectivity index (χ1) is 9.11. The summed E-state index contributed by atoms with van der Waals surface area (Å²) in [5, 5.41) is 9.96. The van der Waals surface area contributed by atoms with Gasteiger partial charge in [-0.15, -0.1) is 0 Å². The highest BCUT2D eigenvalue weighted by molar-refractivity contribution is 6.30. The minimum absolute atomic E-state index is 0.0502. The average Bonchev–Trinajstić information content (AvgIpc) is 2.43. The molecule has 0 fully saturated rings. The third-order valence-corrected chi connectivity index (χ3v) is 3.09. The van der Waals surface area contributed by atoms with Crippen LogP contribution in [0.2, 0.25) is 5.02 Å². The fourth-order valence-corrected chi connectivity index (χ4v) is 1.85. The van der Waals surface area contributed by atoms with Crippen LogP contribution < -0.4 is 4.74 Å². The molecule has 0 aliphatic heterocycles. The predicted molar refractivity (Wildman–Crippen MR) is 73.2 cm³/mol. The topological polar surface area (TPSA) is 29.5 Å². The number of ether oxygens (including phenoxy) is 1. The Morgan fingerprint density at radius 2 is 2.00 bits per heavy atom. The molecule has 0 aromatic heterocycles. The lowest BCUT2D eigenvalue weighted by Gasteiger charge is -2.14.